The Bertz CT molecular complexity index is 261. The van der Waals surface area contributed by atoms with Crippen molar-refractivity contribution < 1.29 is 49.8 Å². The fraction of sp³-hybridized carbons (Fsp3) is 1.00. The first-order valence-electron chi connectivity index (χ1n) is 4.64. The summed E-state index contributed by atoms with van der Waals surface area (Å²) in [6.45, 7) is 0. The first-order valence-corrected chi connectivity index (χ1v) is 7.84. The van der Waals surface area contributed by atoms with E-state index in [4.69, 9.17) is 63.4 Å². The molecule has 0 aromatic heterocycles. The average molecular weight is 538 g/mol. The third-order valence-electron chi connectivity index (χ3n) is 2.01. The van der Waals surface area contributed by atoms with E-state index in [9.17, 15) is 0 Å². The Morgan fingerprint density at radius 2 is 1.16 bits per heavy atom. The van der Waals surface area contributed by atoms with Crippen molar-refractivity contribution in [1.82, 2.24) is 0 Å². The third kappa shape index (κ3) is 15.7. The van der Waals surface area contributed by atoms with E-state index >= 15 is 0 Å². The summed E-state index contributed by atoms with van der Waals surface area (Å²) >= 11 is 11.8. The van der Waals surface area contributed by atoms with Gasteiger partial charge in [0.2, 0.25) is 0 Å². The Kier molecular flexibility index (Phi) is 16.2. The van der Waals surface area contributed by atoms with Gasteiger partial charge in [-0.3, -0.25) is 0 Å². The first kappa shape index (κ1) is 25.4. The Labute approximate surface area is 136 Å². The van der Waals surface area contributed by atoms with Crippen LogP contribution < -0.4 is 31.0 Å². The predicted molar refractivity (Wildman–Crippen MR) is 62.0 cm³/mol. The van der Waals surface area contributed by atoms with Crippen molar-refractivity contribution in [2.75, 3.05) is 0 Å². The zero-order valence-electron chi connectivity index (χ0n) is 9.50. The third-order valence-corrected chi connectivity index (χ3v) is 3.09. The number of alkyl halides is 2. The Balaban J connectivity index is -0.000000242. The van der Waals surface area contributed by atoms with E-state index < -0.39 is 26.5 Å². The molecule has 118 valence electrons. The molecule has 4 N–H and O–H groups in total. The zero-order chi connectivity index (χ0) is 15.0. The van der Waals surface area contributed by atoms with E-state index in [-0.39, 0.29) is 21.1 Å². The maximum absolute atomic E-state index is 8.52. The minimum atomic E-state index is -3.63. The van der Waals surface area contributed by atoms with Crippen LogP contribution in [-0.2, 0) is 30.2 Å². The van der Waals surface area contributed by atoms with E-state index in [1.54, 1.807) is 0 Å². The molecule has 1 aliphatic carbocycles. The maximum Gasteiger partial charge on any atom is 4.00 e. The SMILES string of the molecule is NC1(N)CCCCC1(Cl)Cl.O=[PH]([O-])[O-].O=[PH]([O-])[O-].[Pt+4]. The molecule has 1 aliphatic rings. The van der Waals surface area contributed by atoms with Gasteiger partial charge in [-0.15, -0.1) is 0 Å². The van der Waals surface area contributed by atoms with Crippen molar-refractivity contribution in [3.05, 3.63) is 0 Å². The molecule has 0 aliphatic heterocycles. The fourth-order valence-corrected chi connectivity index (χ4v) is 1.64. The van der Waals surface area contributed by atoms with Crippen molar-refractivity contribution in [3.63, 3.8) is 0 Å². The molecule has 1 saturated carbocycles. The van der Waals surface area contributed by atoms with Crippen LogP contribution in [0, 0.1) is 0 Å². The Hall–Kier alpha value is 1.49. The smallest absolute Gasteiger partial charge is 0.813 e. The normalized spacial score (nSPS) is 19.5. The van der Waals surface area contributed by atoms with Gasteiger partial charge in [0.05, 0.1) is 5.66 Å². The minimum absolute atomic E-state index is 0. The van der Waals surface area contributed by atoms with E-state index in [0.717, 1.165) is 12.8 Å². The van der Waals surface area contributed by atoms with Crippen molar-refractivity contribution in [2.24, 2.45) is 11.5 Å². The molecular weight excluding hydrogens is 524 g/mol. The van der Waals surface area contributed by atoms with Crippen LogP contribution in [0.5, 0.6) is 0 Å². The van der Waals surface area contributed by atoms with Crippen molar-refractivity contribution in [2.45, 2.75) is 35.7 Å². The van der Waals surface area contributed by atoms with Crippen LogP contribution in [0.15, 0.2) is 0 Å². The number of hydrogen-bond donors (Lipinski definition) is 2. The first-order chi connectivity index (χ1) is 7.92. The molecule has 0 spiro atoms. The van der Waals surface area contributed by atoms with Crippen molar-refractivity contribution in [1.29, 1.82) is 0 Å². The van der Waals surface area contributed by atoms with Crippen LogP contribution in [0.2, 0.25) is 0 Å². The summed E-state index contributed by atoms with van der Waals surface area (Å²) in [7, 11) is -7.26. The van der Waals surface area contributed by atoms with Crippen molar-refractivity contribution >= 4 is 39.7 Å². The summed E-state index contributed by atoms with van der Waals surface area (Å²) in [4.78, 5) is 34.1. The van der Waals surface area contributed by atoms with Crippen molar-refractivity contribution in [3.8, 4) is 0 Å². The molecule has 0 amide bonds. The van der Waals surface area contributed by atoms with Crippen LogP contribution >= 0.6 is 39.7 Å². The molecular formula is C6H14Cl2N2O6P2Pt. The molecule has 0 radical (unpaired) electrons. The molecule has 0 aromatic rings. The van der Waals surface area contributed by atoms with Crippen LogP contribution in [0.3, 0.4) is 0 Å². The average Bonchev–Trinajstić information content (AvgIpc) is 2.08. The monoisotopic (exact) mass is 537 g/mol. The molecule has 1 rings (SSSR count). The van der Waals surface area contributed by atoms with Gasteiger partial charge in [0.15, 0.2) is 0 Å². The summed E-state index contributed by atoms with van der Waals surface area (Å²) in [5, 5.41) is 0. The van der Waals surface area contributed by atoms with E-state index in [1.807, 2.05) is 0 Å². The predicted octanol–water partition coefficient (Wildman–Crippen LogP) is -2.46. The number of nitrogens with two attached hydrogens (primary N) is 2. The number of rotatable bonds is 0. The van der Waals surface area contributed by atoms with Gasteiger partial charge >= 0.3 is 21.1 Å². The topological polar surface area (TPSA) is 178 Å². The van der Waals surface area contributed by atoms with Gasteiger partial charge < -0.3 is 40.2 Å². The van der Waals surface area contributed by atoms with E-state index in [0.29, 0.717) is 12.8 Å². The summed E-state index contributed by atoms with van der Waals surface area (Å²) in [6, 6.07) is 0. The Morgan fingerprint density at radius 3 is 1.32 bits per heavy atom. The summed E-state index contributed by atoms with van der Waals surface area (Å²) in [6.07, 6.45) is 3.44. The molecule has 0 saturated heterocycles. The maximum atomic E-state index is 8.52. The molecule has 8 nitrogen and oxygen atoms in total. The van der Waals surface area contributed by atoms with E-state index in [1.165, 1.54) is 0 Å². The van der Waals surface area contributed by atoms with Gasteiger partial charge in [0, 0.05) is 0 Å². The fourth-order valence-electron chi connectivity index (χ4n) is 1.18. The van der Waals surface area contributed by atoms with Crippen LogP contribution in [0.25, 0.3) is 0 Å². The molecule has 19 heavy (non-hydrogen) atoms. The molecule has 13 heteroatoms. The van der Waals surface area contributed by atoms with Crippen LogP contribution in [0.4, 0.5) is 0 Å². The molecule has 1 fully saturated rings. The number of halogens is 2. The van der Waals surface area contributed by atoms with Gasteiger partial charge in [-0.25, -0.2) is 0 Å². The second kappa shape index (κ2) is 12.1. The quantitative estimate of drug-likeness (QED) is 0.194. The van der Waals surface area contributed by atoms with Gasteiger partial charge in [0.25, 0.3) is 0 Å². The minimum Gasteiger partial charge on any atom is -0.813 e. The summed E-state index contributed by atoms with van der Waals surface area (Å²) in [5.74, 6) is 0. The molecule has 0 bridgehead atoms. The molecule has 0 aromatic carbocycles. The number of hydrogen-bond acceptors (Lipinski definition) is 8. The standard InChI is InChI=1S/C6H12Cl2N2.2H3O3P.Pt/c7-5(8)3-1-2-4-6(5,9)10;2*1-4(2)3;/h1-4,9-10H2;2*4H,(H2,1,2,3);/q;;;+4/p-4. The second-order valence-corrected chi connectivity index (χ2v) is 5.94. The van der Waals surface area contributed by atoms with Gasteiger partial charge in [-0.05, 0) is 12.8 Å². The zero-order valence-corrected chi connectivity index (χ0v) is 15.3. The van der Waals surface area contributed by atoms with Crippen LogP contribution in [0.1, 0.15) is 25.7 Å². The summed E-state index contributed by atoms with van der Waals surface area (Å²) in [5.41, 5.74) is 10.4. The summed E-state index contributed by atoms with van der Waals surface area (Å²) < 4.78 is 16.1. The van der Waals surface area contributed by atoms with Gasteiger partial charge in [0.1, 0.15) is 4.33 Å². The molecule has 0 unspecified atom stereocenters. The second-order valence-electron chi connectivity index (χ2n) is 3.45. The van der Waals surface area contributed by atoms with Gasteiger partial charge in [-0.2, -0.15) is 0 Å². The molecule has 0 atom stereocenters. The van der Waals surface area contributed by atoms with E-state index in [2.05, 4.69) is 0 Å². The molecule has 0 heterocycles. The largest absolute Gasteiger partial charge is 4.00 e. The Morgan fingerprint density at radius 1 is 0.895 bits per heavy atom. The van der Waals surface area contributed by atoms with Crippen LogP contribution in [-0.4, -0.2) is 10.00 Å². The van der Waals surface area contributed by atoms with Gasteiger partial charge in [-0.1, -0.05) is 52.6 Å².